The van der Waals surface area contributed by atoms with E-state index in [4.69, 9.17) is 5.73 Å². The summed E-state index contributed by atoms with van der Waals surface area (Å²) in [6.07, 6.45) is 4.18. The highest BCUT2D eigenvalue weighted by Gasteiger charge is 2.31. The number of carbonyl (C=O) groups excluding carboxylic acids is 2. The van der Waals surface area contributed by atoms with Crippen LogP contribution in [-0.4, -0.2) is 47.8 Å². The zero-order valence-corrected chi connectivity index (χ0v) is 14.0. The molecular weight excluding hydrogens is 324 g/mol. The van der Waals surface area contributed by atoms with Gasteiger partial charge in [-0.15, -0.1) is 0 Å². The largest absolute Gasteiger partial charge is 0.366 e. The number of hydrogen-bond donors (Lipinski definition) is 1. The number of hydrogen-bond acceptors (Lipinski definition) is 5. The van der Waals surface area contributed by atoms with Gasteiger partial charge in [-0.05, 0) is 25.0 Å². The van der Waals surface area contributed by atoms with Crippen LogP contribution >= 0.6 is 0 Å². The number of nitrogens with two attached hydrogens (primary N) is 1. The van der Waals surface area contributed by atoms with Crippen LogP contribution in [0.5, 0.6) is 0 Å². The van der Waals surface area contributed by atoms with Gasteiger partial charge in [0.2, 0.25) is 11.8 Å². The zero-order chi connectivity index (χ0) is 18.0. The third kappa shape index (κ3) is 3.57. The molecule has 2 N–H and O–H groups in total. The maximum Gasteiger partial charge on any atom is 0.293 e. The predicted octanol–water partition coefficient (Wildman–Crippen LogP) is 1.53. The number of amides is 2. The Labute approximate surface area is 145 Å². The Hall–Kier alpha value is -2.64. The van der Waals surface area contributed by atoms with Gasteiger partial charge in [-0.2, -0.15) is 0 Å². The van der Waals surface area contributed by atoms with E-state index in [0.29, 0.717) is 31.9 Å². The minimum atomic E-state index is -0.693. The van der Waals surface area contributed by atoms with Crippen molar-refractivity contribution in [2.45, 2.75) is 25.7 Å². The van der Waals surface area contributed by atoms with Crippen LogP contribution in [0.15, 0.2) is 18.2 Å². The Kier molecular flexibility index (Phi) is 4.87. The van der Waals surface area contributed by atoms with Crippen molar-refractivity contribution in [1.82, 2.24) is 4.90 Å². The van der Waals surface area contributed by atoms with Crippen molar-refractivity contribution in [3.8, 4) is 0 Å². The van der Waals surface area contributed by atoms with Crippen molar-refractivity contribution in [2.24, 2.45) is 11.7 Å². The lowest BCUT2D eigenvalue weighted by Crippen LogP contribution is -2.50. The molecule has 0 aromatic heterocycles. The molecule has 1 aromatic rings. The molecule has 2 aliphatic rings. The molecule has 3 rings (SSSR count). The van der Waals surface area contributed by atoms with Gasteiger partial charge in [-0.25, -0.2) is 0 Å². The quantitative estimate of drug-likeness (QED) is 0.657. The van der Waals surface area contributed by atoms with E-state index in [1.54, 1.807) is 6.07 Å². The van der Waals surface area contributed by atoms with E-state index >= 15 is 0 Å². The second-order valence-corrected chi connectivity index (χ2v) is 6.62. The summed E-state index contributed by atoms with van der Waals surface area (Å²) >= 11 is 0. The normalized spacial score (nSPS) is 18.4. The maximum absolute atomic E-state index is 12.5. The van der Waals surface area contributed by atoms with Gasteiger partial charge in [0.1, 0.15) is 5.69 Å². The van der Waals surface area contributed by atoms with Crippen LogP contribution in [-0.2, 0) is 4.79 Å². The molecule has 1 saturated carbocycles. The van der Waals surface area contributed by atoms with Crippen LogP contribution in [0.3, 0.4) is 0 Å². The molecule has 1 aliphatic carbocycles. The molecule has 2 fully saturated rings. The highest BCUT2D eigenvalue weighted by molar-refractivity contribution is 5.94. The summed E-state index contributed by atoms with van der Waals surface area (Å²) in [5, 5.41) is 11.3. The van der Waals surface area contributed by atoms with Crippen molar-refractivity contribution >= 4 is 23.2 Å². The molecule has 0 atom stereocenters. The summed E-state index contributed by atoms with van der Waals surface area (Å²) in [5.74, 6) is -0.326. The van der Waals surface area contributed by atoms with Crippen LogP contribution < -0.4 is 10.6 Å². The van der Waals surface area contributed by atoms with Gasteiger partial charge in [-0.3, -0.25) is 19.7 Å². The van der Waals surface area contributed by atoms with Crippen LogP contribution in [0.25, 0.3) is 0 Å². The second-order valence-electron chi connectivity index (χ2n) is 6.62. The Morgan fingerprint density at radius 2 is 1.76 bits per heavy atom. The Balaban J connectivity index is 1.71. The van der Waals surface area contributed by atoms with Gasteiger partial charge in [0.25, 0.3) is 5.69 Å². The first kappa shape index (κ1) is 17.2. The number of primary amides is 1. The average molecular weight is 346 g/mol. The monoisotopic (exact) mass is 346 g/mol. The molecule has 1 saturated heterocycles. The van der Waals surface area contributed by atoms with Crippen molar-refractivity contribution in [3.63, 3.8) is 0 Å². The zero-order valence-electron chi connectivity index (χ0n) is 14.0. The first-order valence-corrected chi connectivity index (χ1v) is 8.59. The molecule has 25 heavy (non-hydrogen) atoms. The minimum Gasteiger partial charge on any atom is -0.366 e. The fourth-order valence-corrected chi connectivity index (χ4v) is 3.69. The van der Waals surface area contributed by atoms with Crippen molar-refractivity contribution < 1.29 is 14.5 Å². The SMILES string of the molecule is NC(=O)c1ccc(N2CCN(C(=O)C3CCCC3)CC2)c([N+](=O)[O-])c1. The number of piperazine rings is 1. The van der Waals surface area contributed by atoms with Gasteiger partial charge in [0.15, 0.2) is 0 Å². The topological polar surface area (TPSA) is 110 Å². The number of anilines is 1. The number of nitrogens with zero attached hydrogens (tertiary/aromatic N) is 3. The summed E-state index contributed by atoms with van der Waals surface area (Å²) in [5.41, 5.74) is 5.65. The summed E-state index contributed by atoms with van der Waals surface area (Å²) in [7, 11) is 0. The molecule has 8 heteroatoms. The molecule has 0 bridgehead atoms. The Bertz CT molecular complexity index is 692. The van der Waals surface area contributed by atoms with E-state index in [1.807, 2.05) is 9.80 Å². The van der Waals surface area contributed by atoms with Gasteiger partial charge in [0.05, 0.1) is 4.92 Å². The van der Waals surface area contributed by atoms with Crippen LogP contribution in [0, 0.1) is 16.0 Å². The highest BCUT2D eigenvalue weighted by Crippen LogP contribution is 2.31. The van der Waals surface area contributed by atoms with Crippen molar-refractivity contribution in [3.05, 3.63) is 33.9 Å². The Morgan fingerprint density at radius 3 is 2.32 bits per heavy atom. The fraction of sp³-hybridized carbons (Fsp3) is 0.529. The summed E-state index contributed by atoms with van der Waals surface area (Å²) in [6, 6.07) is 4.28. The lowest BCUT2D eigenvalue weighted by Gasteiger charge is -2.37. The third-order valence-electron chi connectivity index (χ3n) is 5.09. The minimum absolute atomic E-state index is 0.116. The summed E-state index contributed by atoms with van der Waals surface area (Å²) in [6.45, 7) is 2.19. The number of carbonyl (C=O) groups is 2. The van der Waals surface area contributed by atoms with Crippen molar-refractivity contribution in [1.29, 1.82) is 0 Å². The predicted molar refractivity (Wildman–Crippen MR) is 92.4 cm³/mol. The molecule has 0 radical (unpaired) electrons. The van der Waals surface area contributed by atoms with E-state index in [9.17, 15) is 19.7 Å². The van der Waals surface area contributed by atoms with E-state index in [0.717, 1.165) is 25.7 Å². The van der Waals surface area contributed by atoms with Gasteiger partial charge in [-0.1, -0.05) is 12.8 Å². The highest BCUT2D eigenvalue weighted by atomic mass is 16.6. The molecule has 1 heterocycles. The molecule has 2 amide bonds. The molecular formula is C17H22N4O4. The first-order chi connectivity index (χ1) is 12.0. The van der Waals surface area contributed by atoms with Crippen LogP contribution in [0.4, 0.5) is 11.4 Å². The maximum atomic E-state index is 12.5. The standard InChI is InChI=1S/C17H22N4O4/c18-16(22)13-5-6-14(15(11-13)21(24)25)19-7-9-20(10-8-19)17(23)12-3-1-2-4-12/h5-6,11-12H,1-4,7-10H2,(H2,18,22). The van der Waals surface area contributed by atoms with E-state index < -0.39 is 10.8 Å². The van der Waals surface area contributed by atoms with Gasteiger partial charge < -0.3 is 15.5 Å². The fourth-order valence-electron chi connectivity index (χ4n) is 3.69. The summed E-state index contributed by atoms with van der Waals surface area (Å²) < 4.78 is 0. The van der Waals surface area contributed by atoms with Gasteiger partial charge >= 0.3 is 0 Å². The third-order valence-corrected chi connectivity index (χ3v) is 5.09. The second kappa shape index (κ2) is 7.08. The molecule has 1 aromatic carbocycles. The first-order valence-electron chi connectivity index (χ1n) is 8.59. The average Bonchev–Trinajstić information content (AvgIpc) is 3.15. The van der Waals surface area contributed by atoms with E-state index in [2.05, 4.69) is 0 Å². The van der Waals surface area contributed by atoms with E-state index in [1.165, 1.54) is 12.1 Å². The van der Waals surface area contributed by atoms with E-state index in [-0.39, 0.29) is 23.1 Å². The lowest BCUT2D eigenvalue weighted by molar-refractivity contribution is -0.384. The summed E-state index contributed by atoms with van der Waals surface area (Å²) in [4.78, 5) is 38.3. The smallest absolute Gasteiger partial charge is 0.293 e. The van der Waals surface area contributed by atoms with Crippen LogP contribution in [0.1, 0.15) is 36.0 Å². The van der Waals surface area contributed by atoms with Gasteiger partial charge in [0, 0.05) is 43.7 Å². The molecule has 8 nitrogen and oxygen atoms in total. The molecule has 0 spiro atoms. The Morgan fingerprint density at radius 1 is 1.12 bits per heavy atom. The van der Waals surface area contributed by atoms with Crippen molar-refractivity contribution in [2.75, 3.05) is 31.1 Å². The number of nitro benzene ring substituents is 1. The molecule has 0 unspecified atom stereocenters. The number of nitro groups is 1. The van der Waals surface area contributed by atoms with Crippen LogP contribution in [0.2, 0.25) is 0 Å². The molecule has 134 valence electrons. The number of benzene rings is 1. The molecule has 1 aliphatic heterocycles. The lowest BCUT2D eigenvalue weighted by atomic mass is 10.1. The number of rotatable bonds is 4.